The summed E-state index contributed by atoms with van der Waals surface area (Å²) in [5, 5.41) is 3.76. The van der Waals surface area contributed by atoms with Crippen LogP contribution >= 0.6 is 0 Å². The van der Waals surface area contributed by atoms with Crippen molar-refractivity contribution in [1.82, 2.24) is 14.8 Å². The van der Waals surface area contributed by atoms with E-state index in [0.717, 1.165) is 31.2 Å². The molecule has 3 rings (SSSR count). The van der Waals surface area contributed by atoms with Crippen molar-refractivity contribution in [1.29, 1.82) is 0 Å². The Labute approximate surface area is 204 Å². The van der Waals surface area contributed by atoms with Crippen molar-refractivity contribution in [2.24, 2.45) is 0 Å². The molecule has 1 aliphatic carbocycles. The van der Waals surface area contributed by atoms with Crippen LogP contribution in [0.4, 0.5) is 0 Å². The zero-order chi connectivity index (χ0) is 24.3. The Morgan fingerprint density at radius 3 is 2.03 bits per heavy atom. The quantitative estimate of drug-likeness (QED) is 0.433. The first-order valence-electron chi connectivity index (χ1n) is 13.3. The predicted molar refractivity (Wildman–Crippen MR) is 137 cm³/mol. The number of likely N-dealkylation sites (N-methyl/N-ethyl adjacent to an activating group) is 1. The lowest BCUT2D eigenvalue weighted by Gasteiger charge is -2.19. The Morgan fingerprint density at radius 1 is 0.882 bits per heavy atom. The van der Waals surface area contributed by atoms with E-state index in [1.54, 1.807) is 15.7 Å². The monoisotopic (exact) mass is 467 g/mol. The number of rotatable bonds is 7. The number of aromatic nitrogens is 1. The topological polar surface area (TPSA) is 71.4 Å². The molecule has 1 heterocycles. The van der Waals surface area contributed by atoms with Crippen LogP contribution in [0.3, 0.4) is 0 Å². The summed E-state index contributed by atoms with van der Waals surface area (Å²) in [6.07, 6.45) is 14.5. The van der Waals surface area contributed by atoms with Crippen LogP contribution in [0.1, 0.15) is 94.8 Å². The fourth-order valence-corrected chi connectivity index (χ4v) is 5.06. The van der Waals surface area contributed by atoms with Crippen molar-refractivity contribution in [2.75, 3.05) is 13.1 Å². The number of nitrogens with one attached hydrogen (secondary N) is 1. The molecular weight excluding hydrogens is 426 g/mol. The molecule has 2 amide bonds. The van der Waals surface area contributed by atoms with Crippen LogP contribution < -0.4 is 5.32 Å². The maximum atomic E-state index is 13.2. The predicted octanol–water partition coefficient (Wildman–Crippen LogP) is 5.48. The van der Waals surface area contributed by atoms with Gasteiger partial charge in [-0.1, -0.05) is 76.0 Å². The van der Waals surface area contributed by atoms with Crippen molar-refractivity contribution in [3.63, 3.8) is 0 Å². The number of carbonyl (C=O) groups is 3. The smallest absolute Gasteiger partial charge is 0.292 e. The normalized spacial score (nSPS) is 16.4. The third-order valence-electron chi connectivity index (χ3n) is 7.10. The first kappa shape index (κ1) is 26.0. The molecule has 1 aromatic carbocycles. The molecular formula is C28H41N3O3. The minimum Gasteiger partial charge on any atom is -0.346 e. The van der Waals surface area contributed by atoms with Gasteiger partial charge in [0.25, 0.3) is 11.7 Å². The highest BCUT2D eigenvalue weighted by Gasteiger charge is 2.24. The van der Waals surface area contributed by atoms with E-state index in [1.807, 2.05) is 38.1 Å². The molecule has 34 heavy (non-hydrogen) atoms. The van der Waals surface area contributed by atoms with E-state index in [0.29, 0.717) is 24.0 Å². The van der Waals surface area contributed by atoms with Gasteiger partial charge in [0.2, 0.25) is 5.91 Å². The van der Waals surface area contributed by atoms with Crippen LogP contribution in [0, 0.1) is 0 Å². The molecule has 0 aliphatic heterocycles. The third kappa shape index (κ3) is 6.94. The Morgan fingerprint density at radius 2 is 1.44 bits per heavy atom. The molecule has 186 valence electrons. The molecule has 0 unspecified atom stereocenters. The number of benzene rings is 1. The summed E-state index contributed by atoms with van der Waals surface area (Å²) in [5.74, 6) is -1.05. The molecule has 1 aromatic heterocycles. The number of para-hydroxylation sites is 1. The molecule has 0 radical (unpaired) electrons. The summed E-state index contributed by atoms with van der Waals surface area (Å²) in [6, 6.07) is 7.55. The minimum absolute atomic E-state index is 0.00225. The van der Waals surface area contributed by atoms with Crippen molar-refractivity contribution < 1.29 is 14.4 Å². The van der Waals surface area contributed by atoms with Crippen LogP contribution in [0.25, 0.3) is 10.9 Å². The third-order valence-corrected chi connectivity index (χ3v) is 7.10. The molecule has 2 aromatic rings. The lowest BCUT2D eigenvalue weighted by Crippen LogP contribution is -2.39. The van der Waals surface area contributed by atoms with Crippen LogP contribution in [-0.4, -0.2) is 46.2 Å². The molecule has 1 fully saturated rings. The molecule has 6 heteroatoms. The number of fused-ring (bicyclic) bond motifs is 1. The van der Waals surface area contributed by atoms with E-state index in [1.165, 1.54) is 44.9 Å². The Bertz CT molecular complexity index is 949. The first-order valence-corrected chi connectivity index (χ1v) is 13.3. The Balaban J connectivity index is 1.73. The van der Waals surface area contributed by atoms with E-state index in [4.69, 9.17) is 0 Å². The fraction of sp³-hybridized carbons (Fsp3) is 0.607. The average molecular weight is 468 g/mol. The minimum atomic E-state index is -0.532. The van der Waals surface area contributed by atoms with Gasteiger partial charge in [0.05, 0.1) is 5.56 Å². The van der Waals surface area contributed by atoms with Crippen LogP contribution in [-0.2, 0) is 16.1 Å². The largest absolute Gasteiger partial charge is 0.346 e. The van der Waals surface area contributed by atoms with Crippen LogP contribution in [0.15, 0.2) is 30.5 Å². The second-order valence-corrected chi connectivity index (χ2v) is 9.51. The van der Waals surface area contributed by atoms with Gasteiger partial charge in [0.15, 0.2) is 0 Å². The fourth-order valence-electron chi connectivity index (χ4n) is 5.06. The first-order chi connectivity index (χ1) is 16.5. The summed E-state index contributed by atoms with van der Waals surface area (Å²) in [5.41, 5.74) is 1.17. The van der Waals surface area contributed by atoms with E-state index >= 15 is 0 Å². The standard InChI is InChI=1S/C28H41N3O3/c1-3-30(4-2)26(32)21-31-20-24(23-18-14-15-19-25(23)31)27(33)28(34)29-22-16-12-10-8-6-5-7-9-11-13-17-22/h14-15,18-20,22H,3-13,16-17,21H2,1-2H3,(H,29,34). The summed E-state index contributed by atoms with van der Waals surface area (Å²) < 4.78 is 1.80. The van der Waals surface area contributed by atoms with Crippen molar-refractivity contribution in [3.05, 3.63) is 36.0 Å². The molecule has 0 bridgehead atoms. The summed E-state index contributed by atoms with van der Waals surface area (Å²) in [6.45, 7) is 5.35. The number of nitrogens with zero attached hydrogens (tertiary/aromatic N) is 2. The number of amides is 2. The molecule has 1 saturated carbocycles. The van der Waals surface area contributed by atoms with E-state index in [9.17, 15) is 14.4 Å². The SMILES string of the molecule is CCN(CC)C(=O)Cn1cc(C(=O)C(=O)NC2CCCCCCCCCCC2)c2ccccc21. The second-order valence-electron chi connectivity index (χ2n) is 9.51. The lowest BCUT2D eigenvalue weighted by molar-refractivity contribution is -0.131. The zero-order valence-corrected chi connectivity index (χ0v) is 21.0. The number of Topliss-reactive ketones (excluding diaryl/α,β-unsaturated/α-hetero) is 1. The van der Waals surface area contributed by atoms with Gasteiger partial charge in [-0.25, -0.2) is 0 Å². The Hall–Kier alpha value is -2.63. The van der Waals surface area contributed by atoms with Gasteiger partial charge >= 0.3 is 0 Å². The summed E-state index contributed by atoms with van der Waals surface area (Å²) in [7, 11) is 0. The highest BCUT2D eigenvalue weighted by Crippen LogP contribution is 2.23. The van der Waals surface area contributed by atoms with Gasteiger partial charge in [-0.15, -0.1) is 0 Å². The molecule has 6 nitrogen and oxygen atoms in total. The van der Waals surface area contributed by atoms with E-state index in [-0.39, 0.29) is 18.5 Å². The maximum Gasteiger partial charge on any atom is 0.292 e. The van der Waals surface area contributed by atoms with Gasteiger partial charge in [0.1, 0.15) is 6.54 Å². The van der Waals surface area contributed by atoms with E-state index < -0.39 is 11.7 Å². The molecule has 0 atom stereocenters. The average Bonchev–Trinajstić information content (AvgIpc) is 3.19. The van der Waals surface area contributed by atoms with Gasteiger partial charge < -0.3 is 14.8 Å². The van der Waals surface area contributed by atoms with E-state index in [2.05, 4.69) is 5.32 Å². The Kier molecular flexibility index (Phi) is 10.2. The number of hydrogen-bond acceptors (Lipinski definition) is 3. The molecule has 0 spiro atoms. The number of hydrogen-bond donors (Lipinski definition) is 1. The van der Waals surface area contributed by atoms with Gasteiger partial charge in [0, 0.05) is 36.2 Å². The van der Waals surface area contributed by atoms with Crippen molar-refractivity contribution in [2.45, 2.75) is 97.1 Å². The van der Waals surface area contributed by atoms with Gasteiger partial charge in [-0.2, -0.15) is 0 Å². The maximum absolute atomic E-state index is 13.2. The summed E-state index contributed by atoms with van der Waals surface area (Å²) in [4.78, 5) is 40.7. The zero-order valence-electron chi connectivity index (χ0n) is 21.0. The molecule has 0 saturated heterocycles. The number of ketones is 1. The lowest BCUT2D eigenvalue weighted by atomic mass is 9.97. The van der Waals surface area contributed by atoms with Crippen LogP contribution in [0.5, 0.6) is 0 Å². The second kappa shape index (κ2) is 13.3. The molecule has 1 N–H and O–H groups in total. The molecule has 1 aliphatic rings. The summed E-state index contributed by atoms with van der Waals surface area (Å²) >= 11 is 0. The van der Waals surface area contributed by atoms with Crippen molar-refractivity contribution >= 4 is 28.5 Å². The number of carbonyl (C=O) groups excluding carboxylic acids is 3. The van der Waals surface area contributed by atoms with Crippen LogP contribution in [0.2, 0.25) is 0 Å². The highest BCUT2D eigenvalue weighted by molar-refractivity contribution is 6.45. The van der Waals surface area contributed by atoms with Gasteiger partial charge in [-0.3, -0.25) is 14.4 Å². The van der Waals surface area contributed by atoms with Crippen molar-refractivity contribution in [3.8, 4) is 0 Å². The van der Waals surface area contributed by atoms with Gasteiger partial charge in [-0.05, 0) is 32.8 Å². The highest BCUT2D eigenvalue weighted by atomic mass is 16.2.